The van der Waals surface area contributed by atoms with Gasteiger partial charge in [0.1, 0.15) is 0 Å². The van der Waals surface area contributed by atoms with Crippen molar-refractivity contribution in [2.75, 3.05) is 0 Å². The van der Waals surface area contributed by atoms with Crippen molar-refractivity contribution in [1.29, 1.82) is 0 Å². The molecule has 1 aromatic carbocycles. The summed E-state index contributed by atoms with van der Waals surface area (Å²) in [6, 6.07) is 1.96. The Labute approximate surface area is 115 Å². The van der Waals surface area contributed by atoms with E-state index in [1.165, 1.54) is 0 Å². The summed E-state index contributed by atoms with van der Waals surface area (Å²) >= 11 is 0. The first-order chi connectivity index (χ1) is 9.75. The minimum Gasteiger partial charge on any atom is -0.478 e. The summed E-state index contributed by atoms with van der Waals surface area (Å²) in [6.07, 6.45) is -4.67. The molecule has 10 heteroatoms. The van der Waals surface area contributed by atoms with Gasteiger partial charge >= 0.3 is 17.8 Å². The van der Waals surface area contributed by atoms with Crippen LogP contribution < -0.4 is 5.69 Å². The van der Waals surface area contributed by atoms with E-state index in [0.29, 0.717) is 16.8 Å². The maximum absolute atomic E-state index is 12.7. The molecule has 2 rings (SSSR count). The molecule has 0 atom stereocenters. The van der Waals surface area contributed by atoms with Crippen LogP contribution in [0.2, 0.25) is 0 Å². The van der Waals surface area contributed by atoms with Crippen LogP contribution in [0.5, 0.6) is 0 Å². The van der Waals surface area contributed by atoms with Gasteiger partial charge in [-0.15, -0.1) is 0 Å². The third kappa shape index (κ3) is 2.64. The maximum atomic E-state index is 12.7. The van der Waals surface area contributed by atoms with Gasteiger partial charge in [-0.25, -0.2) is 9.59 Å². The Morgan fingerprint density at radius 1 is 1.33 bits per heavy atom. The SMILES string of the molecule is CCn1nnn(-c2cc(C(F)(F)F)ccc2C(=O)O)c1=O. The molecule has 1 aromatic heterocycles. The lowest BCUT2D eigenvalue weighted by molar-refractivity contribution is -0.137. The lowest BCUT2D eigenvalue weighted by Crippen LogP contribution is -2.25. The number of hydrogen-bond donors (Lipinski definition) is 1. The van der Waals surface area contributed by atoms with Crippen LogP contribution in [-0.2, 0) is 12.7 Å². The lowest BCUT2D eigenvalue weighted by atomic mass is 10.1. The molecule has 0 unspecified atom stereocenters. The molecule has 0 radical (unpaired) electrons. The monoisotopic (exact) mass is 302 g/mol. The first-order valence-corrected chi connectivity index (χ1v) is 5.73. The van der Waals surface area contributed by atoms with Crippen molar-refractivity contribution in [3.63, 3.8) is 0 Å². The Hall–Kier alpha value is -2.65. The first kappa shape index (κ1) is 14.8. The number of hydrogen-bond acceptors (Lipinski definition) is 4. The van der Waals surface area contributed by atoms with E-state index < -0.39 is 34.6 Å². The van der Waals surface area contributed by atoms with Gasteiger partial charge in [-0.05, 0) is 35.5 Å². The molecule has 7 nitrogen and oxygen atoms in total. The number of halogens is 3. The highest BCUT2D eigenvalue weighted by molar-refractivity contribution is 5.92. The molecule has 21 heavy (non-hydrogen) atoms. The van der Waals surface area contributed by atoms with E-state index in [2.05, 4.69) is 10.4 Å². The van der Waals surface area contributed by atoms with Gasteiger partial charge in [-0.1, -0.05) is 0 Å². The van der Waals surface area contributed by atoms with Crippen LogP contribution in [0.15, 0.2) is 23.0 Å². The van der Waals surface area contributed by atoms with Crippen molar-refractivity contribution < 1.29 is 23.1 Å². The minimum atomic E-state index is -4.67. The van der Waals surface area contributed by atoms with Crippen LogP contribution >= 0.6 is 0 Å². The number of aromatic nitrogens is 4. The van der Waals surface area contributed by atoms with Gasteiger partial charge in [-0.3, -0.25) is 0 Å². The van der Waals surface area contributed by atoms with E-state index in [-0.39, 0.29) is 6.54 Å². The van der Waals surface area contributed by atoms with Crippen LogP contribution in [0.3, 0.4) is 0 Å². The summed E-state index contributed by atoms with van der Waals surface area (Å²) in [7, 11) is 0. The van der Waals surface area contributed by atoms with E-state index in [4.69, 9.17) is 5.11 Å². The van der Waals surface area contributed by atoms with Crippen molar-refractivity contribution in [2.45, 2.75) is 19.6 Å². The molecule has 1 N–H and O–H groups in total. The molecule has 0 amide bonds. The number of rotatable bonds is 3. The van der Waals surface area contributed by atoms with E-state index in [9.17, 15) is 22.8 Å². The van der Waals surface area contributed by atoms with Crippen LogP contribution in [0, 0.1) is 0 Å². The molecule has 0 saturated heterocycles. The van der Waals surface area contributed by atoms with Gasteiger partial charge in [0, 0.05) is 6.54 Å². The lowest BCUT2D eigenvalue weighted by Gasteiger charge is -2.10. The Morgan fingerprint density at radius 3 is 2.48 bits per heavy atom. The third-order valence-corrected chi connectivity index (χ3v) is 2.72. The predicted octanol–water partition coefficient (Wildman–Crippen LogP) is 1.17. The average molecular weight is 302 g/mol. The van der Waals surface area contributed by atoms with Gasteiger partial charge in [0.15, 0.2) is 0 Å². The number of aromatic carboxylic acids is 1. The van der Waals surface area contributed by atoms with Crippen molar-refractivity contribution >= 4 is 5.97 Å². The van der Waals surface area contributed by atoms with Crippen LogP contribution in [0.4, 0.5) is 13.2 Å². The molecule has 0 aliphatic carbocycles. The average Bonchev–Trinajstić information content (AvgIpc) is 2.77. The zero-order valence-corrected chi connectivity index (χ0v) is 10.6. The summed E-state index contributed by atoms with van der Waals surface area (Å²) in [5.74, 6) is -1.48. The number of benzene rings is 1. The first-order valence-electron chi connectivity index (χ1n) is 5.73. The fourth-order valence-electron chi connectivity index (χ4n) is 1.69. The number of carbonyl (C=O) groups is 1. The molecular weight excluding hydrogens is 293 g/mol. The number of tetrazole rings is 1. The second-order valence-corrected chi connectivity index (χ2v) is 4.02. The highest BCUT2D eigenvalue weighted by Crippen LogP contribution is 2.31. The van der Waals surface area contributed by atoms with Gasteiger partial charge in [0.25, 0.3) is 0 Å². The van der Waals surface area contributed by atoms with E-state index in [1.54, 1.807) is 6.92 Å². The highest BCUT2D eigenvalue weighted by atomic mass is 19.4. The van der Waals surface area contributed by atoms with Gasteiger partial charge in [0.05, 0.1) is 16.8 Å². The van der Waals surface area contributed by atoms with E-state index >= 15 is 0 Å². The third-order valence-electron chi connectivity index (χ3n) is 2.72. The summed E-state index contributed by atoms with van der Waals surface area (Å²) in [5, 5.41) is 15.9. The number of nitrogens with zero attached hydrogens (tertiary/aromatic N) is 4. The second kappa shape index (κ2) is 5.04. The van der Waals surface area contributed by atoms with Crippen LogP contribution in [0.25, 0.3) is 5.69 Å². The van der Waals surface area contributed by atoms with Gasteiger partial charge in [-0.2, -0.15) is 22.5 Å². The summed E-state index contributed by atoms with van der Waals surface area (Å²) in [4.78, 5) is 23.0. The molecular formula is C11H9F3N4O3. The molecule has 0 bridgehead atoms. The normalized spacial score (nSPS) is 11.6. The fraction of sp³-hybridized carbons (Fsp3) is 0.273. The number of alkyl halides is 3. The number of carboxylic acids is 1. The summed E-state index contributed by atoms with van der Waals surface area (Å²) < 4.78 is 39.6. The number of aryl methyl sites for hydroxylation is 1. The Morgan fingerprint density at radius 2 is 2.00 bits per heavy atom. The Kier molecular flexibility index (Phi) is 3.54. The Balaban J connectivity index is 2.72. The van der Waals surface area contributed by atoms with Crippen LogP contribution in [0.1, 0.15) is 22.8 Å². The second-order valence-electron chi connectivity index (χ2n) is 4.02. The summed E-state index contributed by atoms with van der Waals surface area (Å²) in [5.41, 5.74) is -2.87. The van der Waals surface area contributed by atoms with E-state index in [0.717, 1.165) is 10.7 Å². The predicted molar refractivity (Wildman–Crippen MR) is 63.3 cm³/mol. The van der Waals surface area contributed by atoms with Gasteiger partial charge < -0.3 is 5.11 Å². The zero-order chi connectivity index (χ0) is 15.8. The largest absolute Gasteiger partial charge is 0.478 e. The Bertz CT molecular complexity index is 748. The summed E-state index contributed by atoms with van der Waals surface area (Å²) in [6.45, 7) is 1.74. The molecule has 0 fully saturated rings. The van der Waals surface area contributed by atoms with Crippen molar-refractivity contribution in [3.8, 4) is 5.69 Å². The van der Waals surface area contributed by atoms with Crippen molar-refractivity contribution in [2.24, 2.45) is 0 Å². The molecule has 1 heterocycles. The quantitative estimate of drug-likeness (QED) is 0.919. The fourth-order valence-corrected chi connectivity index (χ4v) is 1.69. The minimum absolute atomic E-state index is 0.153. The highest BCUT2D eigenvalue weighted by Gasteiger charge is 2.32. The topological polar surface area (TPSA) is 90.0 Å². The molecule has 0 spiro atoms. The zero-order valence-electron chi connectivity index (χ0n) is 10.6. The molecule has 2 aromatic rings. The smallest absolute Gasteiger partial charge is 0.416 e. The van der Waals surface area contributed by atoms with Crippen molar-refractivity contribution in [1.82, 2.24) is 19.8 Å². The molecule has 0 aliphatic heterocycles. The standard InChI is InChI=1S/C11H9F3N4O3/c1-2-17-10(21)18(16-15-17)8-5-6(11(12,13)14)3-4-7(8)9(19)20/h3-5H,2H2,1H3,(H,19,20). The molecule has 112 valence electrons. The number of carboxylic acid groups (broad SMARTS) is 1. The molecule has 0 saturated carbocycles. The maximum Gasteiger partial charge on any atom is 0.416 e. The van der Waals surface area contributed by atoms with Crippen LogP contribution in [-0.4, -0.2) is 30.9 Å². The van der Waals surface area contributed by atoms with Gasteiger partial charge in [0.2, 0.25) is 0 Å². The molecule has 0 aliphatic rings. The van der Waals surface area contributed by atoms with E-state index in [1.807, 2.05) is 0 Å². The van der Waals surface area contributed by atoms with Crippen molar-refractivity contribution in [3.05, 3.63) is 39.8 Å².